The Kier molecular flexibility index (Phi) is 8.50. The van der Waals surface area contributed by atoms with Gasteiger partial charge in [0.05, 0.1) is 24.4 Å². The Hall–Kier alpha value is -4.66. The molecule has 2 fully saturated rings. The van der Waals surface area contributed by atoms with Crippen LogP contribution in [0, 0.1) is 29.1 Å². The minimum absolute atomic E-state index is 0.0142. The van der Waals surface area contributed by atoms with Crippen molar-refractivity contribution in [2.75, 3.05) is 13.2 Å². The third-order valence-corrected chi connectivity index (χ3v) is 13.1. The highest BCUT2D eigenvalue weighted by atomic mass is 16.6. The Balaban J connectivity index is 1.26. The summed E-state index contributed by atoms with van der Waals surface area (Å²) in [4.78, 5) is 27.7. The van der Waals surface area contributed by atoms with Crippen LogP contribution in [0.1, 0.15) is 60.7 Å². The summed E-state index contributed by atoms with van der Waals surface area (Å²) in [5, 5.41) is 36.7. The topological polar surface area (TPSA) is 113 Å². The van der Waals surface area contributed by atoms with Crippen LogP contribution in [0.25, 0.3) is 0 Å². The smallest absolute Gasteiger partial charge is 0.338 e. The Morgan fingerprint density at radius 2 is 1.32 bits per heavy atom. The second-order valence-corrected chi connectivity index (χ2v) is 15.9. The van der Waals surface area contributed by atoms with E-state index in [4.69, 9.17) is 9.47 Å². The Labute approximate surface area is 310 Å². The van der Waals surface area contributed by atoms with Gasteiger partial charge in [0.2, 0.25) is 0 Å². The number of ether oxygens (including phenoxy) is 2. The van der Waals surface area contributed by atoms with Gasteiger partial charge in [0.15, 0.2) is 5.78 Å². The number of hydrogen-bond donors (Lipinski definition) is 3. The molecule has 4 aliphatic carbocycles. The molecule has 1 unspecified atom stereocenters. The molecular weight excluding hydrogens is 664 g/mol. The molecule has 0 saturated heterocycles. The van der Waals surface area contributed by atoms with Crippen molar-refractivity contribution >= 4 is 11.8 Å². The lowest BCUT2D eigenvalue weighted by Gasteiger charge is -2.50. The van der Waals surface area contributed by atoms with Gasteiger partial charge in [0, 0.05) is 29.6 Å². The standard InChI is InChI=1S/C46H46O7/c1-30-24-38-43(50,40(30)48)27-32(28-52-46(34-18-10-5-11-19-34,35-20-12-6-13-21-35)36-22-14-7-15-23-36)25-37-39-42(3,29-47)44(39,26-31(2)45(37,38)51)53-41(49)33-16-8-4-9-17-33/h4-25,31,37-39,47,50-51H,26-29H2,1-3H3/t31-,37+,38-,39-,42?,43-,44+,45-/m1/s1. The van der Waals surface area contributed by atoms with Crippen molar-refractivity contribution in [2.45, 2.75) is 56.0 Å². The highest BCUT2D eigenvalue weighted by molar-refractivity contribution is 6.04. The van der Waals surface area contributed by atoms with Gasteiger partial charge in [-0.15, -0.1) is 0 Å². The SMILES string of the molecule is CC1=C[C@H]2[C@@]3(O)[C@H](C)C[C@]4(OC(=O)c5ccccc5)[C@H]([C@@H]3C=C(COC(c3ccccc3)(c3ccccc3)c3ccccc3)C[C@]2(O)C1=O)C4(C)CO. The Morgan fingerprint density at radius 3 is 1.83 bits per heavy atom. The number of carbonyl (C=O) groups is 2. The fraction of sp³-hybridized carbons (Fsp3) is 0.348. The van der Waals surface area contributed by atoms with Gasteiger partial charge in [0.1, 0.15) is 16.8 Å². The predicted octanol–water partition coefficient (Wildman–Crippen LogP) is 6.81. The number of rotatable bonds is 9. The lowest BCUT2D eigenvalue weighted by atomic mass is 9.60. The number of carbonyl (C=O) groups excluding carboxylic acids is 2. The third kappa shape index (κ3) is 5.09. The van der Waals surface area contributed by atoms with Gasteiger partial charge >= 0.3 is 5.97 Å². The van der Waals surface area contributed by atoms with Crippen molar-refractivity contribution in [3.05, 3.63) is 167 Å². The minimum atomic E-state index is -1.92. The van der Waals surface area contributed by atoms with Gasteiger partial charge in [-0.1, -0.05) is 135 Å². The monoisotopic (exact) mass is 710 g/mol. The number of hydrogen-bond acceptors (Lipinski definition) is 7. The van der Waals surface area contributed by atoms with Crippen molar-refractivity contribution in [1.82, 2.24) is 0 Å². The number of aliphatic hydroxyl groups is 3. The van der Waals surface area contributed by atoms with Crippen molar-refractivity contribution in [3.8, 4) is 0 Å². The van der Waals surface area contributed by atoms with Crippen LogP contribution < -0.4 is 0 Å². The zero-order valence-corrected chi connectivity index (χ0v) is 30.3. The second-order valence-electron chi connectivity index (χ2n) is 15.9. The quantitative estimate of drug-likeness (QED) is 0.0994. The molecule has 0 aromatic heterocycles. The number of Topliss-reactive ketones (excluding diaryl/α,β-unsaturated/α-hetero) is 1. The second kappa shape index (κ2) is 12.7. The van der Waals surface area contributed by atoms with Crippen molar-refractivity contribution in [1.29, 1.82) is 0 Å². The molecule has 0 radical (unpaired) electrons. The van der Waals surface area contributed by atoms with E-state index >= 15 is 0 Å². The first-order valence-corrected chi connectivity index (χ1v) is 18.5. The maximum Gasteiger partial charge on any atom is 0.338 e. The van der Waals surface area contributed by atoms with Crippen LogP contribution in [0.3, 0.4) is 0 Å². The molecule has 4 aliphatic rings. The van der Waals surface area contributed by atoms with Gasteiger partial charge in [0.25, 0.3) is 0 Å². The molecule has 0 heterocycles. The molecule has 0 amide bonds. The number of ketones is 1. The van der Waals surface area contributed by atoms with Gasteiger partial charge in [-0.2, -0.15) is 0 Å². The first-order chi connectivity index (χ1) is 25.5. The van der Waals surface area contributed by atoms with E-state index in [1.54, 1.807) is 37.3 Å². The summed E-state index contributed by atoms with van der Waals surface area (Å²) in [6.07, 6.45) is 3.90. The molecule has 3 N–H and O–H groups in total. The molecule has 0 bridgehead atoms. The average molecular weight is 711 g/mol. The van der Waals surface area contributed by atoms with E-state index in [9.17, 15) is 24.9 Å². The number of benzene rings is 4. The van der Waals surface area contributed by atoms with E-state index in [0.29, 0.717) is 16.7 Å². The fourth-order valence-electron chi connectivity index (χ4n) is 10.4. The highest BCUT2D eigenvalue weighted by Gasteiger charge is 2.84. The third-order valence-electron chi connectivity index (χ3n) is 13.1. The van der Waals surface area contributed by atoms with Gasteiger partial charge in [-0.25, -0.2) is 4.79 Å². The molecule has 53 heavy (non-hydrogen) atoms. The Bertz CT molecular complexity index is 1980. The van der Waals surface area contributed by atoms with E-state index < -0.39 is 63.2 Å². The number of esters is 1. The van der Waals surface area contributed by atoms with Crippen LogP contribution in [0.2, 0.25) is 0 Å². The summed E-state index contributed by atoms with van der Waals surface area (Å²) in [5.74, 6) is -3.56. The van der Waals surface area contributed by atoms with Crippen molar-refractivity contribution in [2.24, 2.45) is 29.1 Å². The molecular formula is C46H46O7. The molecule has 7 nitrogen and oxygen atoms in total. The summed E-state index contributed by atoms with van der Waals surface area (Å²) in [6.45, 7) is 5.22. The maximum atomic E-state index is 14.0. The normalized spacial score (nSPS) is 33.1. The zero-order valence-electron chi connectivity index (χ0n) is 30.3. The molecule has 2 saturated carbocycles. The van der Waals surface area contributed by atoms with Crippen molar-refractivity contribution in [3.63, 3.8) is 0 Å². The lowest BCUT2D eigenvalue weighted by molar-refractivity contribution is -0.177. The first kappa shape index (κ1) is 35.4. The molecule has 4 aromatic rings. The van der Waals surface area contributed by atoms with Gasteiger partial charge in [-0.05, 0) is 59.2 Å². The van der Waals surface area contributed by atoms with Crippen LogP contribution in [0.4, 0.5) is 0 Å². The molecule has 7 heteroatoms. The van der Waals surface area contributed by atoms with Gasteiger partial charge in [-0.3, -0.25) is 4.79 Å². The summed E-state index contributed by atoms with van der Waals surface area (Å²) >= 11 is 0. The van der Waals surface area contributed by atoms with E-state index in [1.807, 2.05) is 117 Å². The summed E-state index contributed by atoms with van der Waals surface area (Å²) < 4.78 is 13.7. The molecule has 272 valence electrons. The molecule has 0 aliphatic heterocycles. The van der Waals surface area contributed by atoms with Crippen LogP contribution in [0.5, 0.6) is 0 Å². The summed E-state index contributed by atoms with van der Waals surface area (Å²) in [7, 11) is 0. The first-order valence-electron chi connectivity index (χ1n) is 18.5. The van der Waals surface area contributed by atoms with E-state index in [1.165, 1.54) is 0 Å². The lowest BCUT2D eigenvalue weighted by Crippen LogP contribution is -2.61. The zero-order chi connectivity index (χ0) is 37.2. The summed E-state index contributed by atoms with van der Waals surface area (Å²) in [6, 6.07) is 38.7. The minimum Gasteiger partial charge on any atom is -0.454 e. The van der Waals surface area contributed by atoms with Crippen LogP contribution in [0.15, 0.2) is 145 Å². The Morgan fingerprint density at radius 1 is 0.811 bits per heavy atom. The van der Waals surface area contributed by atoms with Crippen LogP contribution >= 0.6 is 0 Å². The molecule has 8 atom stereocenters. The van der Waals surface area contributed by atoms with E-state index in [2.05, 4.69) is 0 Å². The molecule has 0 spiro atoms. The van der Waals surface area contributed by atoms with E-state index in [0.717, 1.165) is 16.7 Å². The summed E-state index contributed by atoms with van der Waals surface area (Å²) in [5.41, 5.74) is -2.40. The maximum absolute atomic E-state index is 14.0. The van der Waals surface area contributed by atoms with Gasteiger partial charge < -0.3 is 24.8 Å². The highest BCUT2D eigenvalue weighted by Crippen LogP contribution is 2.76. The predicted molar refractivity (Wildman–Crippen MR) is 201 cm³/mol. The van der Waals surface area contributed by atoms with E-state index in [-0.39, 0.29) is 26.1 Å². The largest absolute Gasteiger partial charge is 0.454 e. The van der Waals surface area contributed by atoms with Crippen LogP contribution in [-0.2, 0) is 19.9 Å². The molecule has 8 rings (SSSR count). The van der Waals surface area contributed by atoms with Crippen LogP contribution in [-0.4, -0.2) is 57.1 Å². The molecule has 4 aromatic carbocycles. The number of fused-ring (bicyclic) bond motifs is 5. The fourth-order valence-corrected chi connectivity index (χ4v) is 10.4. The van der Waals surface area contributed by atoms with Crippen molar-refractivity contribution < 1.29 is 34.4 Å². The number of aliphatic hydroxyl groups excluding tert-OH is 1. The average Bonchev–Trinajstić information content (AvgIpc) is 3.64.